The molecule has 0 saturated carbocycles. The van der Waals surface area contributed by atoms with Crippen molar-refractivity contribution in [2.45, 2.75) is 6.92 Å². The highest BCUT2D eigenvalue weighted by molar-refractivity contribution is 6.08. The van der Waals surface area contributed by atoms with Gasteiger partial charge in [-0.25, -0.2) is 0 Å². The van der Waals surface area contributed by atoms with Gasteiger partial charge < -0.3 is 4.90 Å². The fourth-order valence-corrected chi connectivity index (χ4v) is 1.23. The number of amides is 1. The molecule has 1 heterocycles. The predicted molar refractivity (Wildman–Crippen MR) is 56.4 cm³/mol. The fraction of sp³-hybridized carbons (Fsp3) is 0.364. The molecule has 1 aromatic rings. The zero-order valence-corrected chi connectivity index (χ0v) is 9.10. The van der Waals surface area contributed by atoms with Crippen LogP contribution in [0.15, 0.2) is 24.4 Å². The molecule has 80 valence electrons. The van der Waals surface area contributed by atoms with E-state index < -0.39 is 5.92 Å². The average molecular weight is 206 g/mol. The standard InChI is InChI=1S/C11H14N2O2/c1-8(11(15)13(2)3)10(14)9-6-4-5-7-12-9/h4-8H,1-3H3/t8-/m0/s1. The zero-order chi connectivity index (χ0) is 11.4. The van der Waals surface area contributed by atoms with Crippen molar-refractivity contribution in [1.82, 2.24) is 9.88 Å². The molecule has 0 aliphatic rings. The van der Waals surface area contributed by atoms with Crippen molar-refractivity contribution in [3.05, 3.63) is 30.1 Å². The van der Waals surface area contributed by atoms with Crippen LogP contribution in [0.4, 0.5) is 0 Å². The Morgan fingerprint density at radius 1 is 1.33 bits per heavy atom. The monoisotopic (exact) mass is 206 g/mol. The highest BCUT2D eigenvalue weighted by atomic mass is 16.2. The van der Waals surface area contributed by atoms with Gasteiger partial charge in [-0.1, -0.05) is 6.07 Å². The van der Waals surface area contributed by atoms with E-state index in [-0.39, 0.29) is 11.7 Å². The maximum Gasteiger partial charge on any atom is 0.232 e. The number of Topliss-reactive ketones (excluding diaryl/α,β-unsaturated/α-hetero) is 1. The van der Waals surface area contributed by atoms with Gasteiger partial charge in [-0.2, -0.15) is 0 Å². The Labute approximate surface area is 88.9 Å². The van der Waals surface area contributed by atoms with E-state index in [9.17, 15) is 9.59 Å². The molecular formula is C11H14N2O2. The van der Waals surface area contributed by atoms with Crippen molar-refractivity contribution in [3.8, 4) is 0 Å². The molecule has 0 aromatic carbocycles. The van der Waals surface area contributed by atoms with Crippen LogP contribution in [0.2, 0.25) is 0 Å². The smallest absolute Gasteiger partial charge is 0.232 e. The summed E-state index contributed by atoms with van der Waals surface area (Å²) in [6, 6.07) is 5.07. The Hall–Kier alpha value is -1.71. The van der Waals surface area contributed by atoms with Crippen LogP contribution in [0, 0.1) is 5.92 Å². The van der Waals surface area contributed by atoms with E-state index >= 15 is 0 Å². The summed E-state index contributed by atoms with van der Waals surface area (Å²) in [6.45, 7) is 1.60. The third-order valence-corrected chi connectivity index (χ3v) is 2.12. The van der Waals surface area contributed by atoms with E-state index in [1.807, 2.05) is 0 Å². The maximum atomic E-state index is 11.8. The normalized spacial score (nSPS) is 11.9. The number of aromatic nitrogens is 1. The van der Waals surface area contributed by atoms with Gasteiger partial charge in [0.15, 0.2) is 5.78 Å². The van der Waals surface area contributed by atoms with E-state index in [0.29, 0.717) is 5.69 Å². The number of hydrogen-bond donors (Lipinski definition) is 0. The molecular weight excluding hydrogens is 192 g/mol. The molecule has 0 N–H and O–H groups in total. The highest BCUT2D eigenvalue weighted by Crippen LogP contribution is 2.08. The Kier molecular flexibility index (Phi) is 3.55. The van der Waals surface area contributed by atoms with E-state index in [1.54, 1.807) is 45.4 Å². The van der Waals surface area contributed by atoms with Gasteiger partial charge in [0, 0.05) is 20.3 Å². The summed E-state index contributed by atoms with van der Waals surface area (Å²) in [5.74, 6) is -1.12. The van der Waals surface area contributed by atoms with Crippen LogP contribution in [0.3, 0.4) is 0 Å². The van der Waals surface area contributed by atoms with Crippen LogP contribution in [-0.2, 0) is 4.79 Å². The van der Waals surface area contributed by atoms with Crippen molar-refractivity contribution < 1.29 is 9.59 Å². The lowest BCUT2D eigenvalue weighted by Gasteiger charge is -2.15. The third kappa shape index (κ3) is 2.62. The SMILES string of the molecule is C[C@@H](C(=O)c1ccccn1)C(=O)N(C)C. The Morgan fingerprint density at radius 3 is 2.47 bits per heavy atom. The average Bonchev–Trinajstić information content (AvgIpc) is 2.27. The number of hydrogen-bond acceptors (Lipinski definition) is 3. The second-order valence-corrected chi connectivity index (χ2v) is 3.53. The van der Waals surface area contributed by atoms with Gasteiger partial charge in [0.05, 0.1) is 0 Å². The Morgan fingerprint density at radius 2 is 2.00 bits per heavy atom. The topological polar surface area (TPSA) is 50.3 Å². The molecule has 0 saturated heterocycles. The van der Waals surface area contributed by atoms with Crippen molar-refractivity contribution in [2.24, 2.45) is 5.92 Å². The second kappa shape index (κ2) is 4.68. The largest absolute Gasteiger partial charge is 0.348 e. The first-order valence-electron chi connectivity index (χ1n) is 4.70. The molecule has 0 aliphatic heterocycles. The summed E-state index contributed by atoms with van der Waals surface area (Å²) in [6.07, 6.45) is 1.54. The van der Waals surface area contributed by atoms with Crippen LogP contribution in [-0.4, -0.2) is 35.7 Å². The molecule has 0 bridgehead atoms. The lowest BCUT2D eigenvalue weighted by Crippen LogP contribution is -2.33. The van der Waals surface area contributed by atoms with Crippen molar-refractivity contribution >= 4 is 11.7 Å². The molecule has 15 heavy (non-hydrogen) atoms. The number of carbonyl (C=O) groups excluding carboxylic acids is 2. The van der Waals surface area contributed by atoms with E-state index in [1.165, 1.54) is 4.90 Å². The fourth-order valence-electron chi connectivity index (χ4n) is 1.23. The van der Waals surface area contributed by atoms with Gasteiger partial charge in [-0.15, -0.1) is 0 Å². The van der Waals surface area contributed by atoms with Crippen LogP contribution in [0.25, 0.3) is 0 Å². The quantitative estimate of drug-likeness (QED) is 0.547. The first-order valence-corrected chi connectivity index (χ1v) is 4.70. The summed E-state index contributed by atoms with van der Waals surface area (Å²) in [5, 5.41) is 0. The molecule has 0 fully saturated rings. The molecule has 1 amide bonds. The lowest BCUT2D eigenvalue weighted by atomic mass is 10.0. The molecule has 4 nitrogen and oxygen atoms in total. The molecule has 1 rings (SSSR count). The van der Waals surface area contributed by atoms with Crippen LogP contribution >= 0.6 is 0 Å². The van der Waals surface area contributed by atoms with Gasteiger partial charge >= 0.3 is 0 Å². The van der Waals surface area contributed by atoms with Gasteiger partial charge in [-0.05, 0) is 19.1 Å². The van der Waals surface area contributed by atoms with Crippen molar-refractivity contribution in [3.63, 3.8) is 0 Å². The predicted octanol–water partition coefficient (Wildman–Crippen LogP) is 0.989. The molecule has 0 unspecified atom stereocenters. The van der Waals surface area contributed by atoms with Crippen LogP contribution in [0.5, 0.6) is 0 Å². The minimum Gasteiger partial charge on any atom is -0.348 e. The van der Waals surface area contributed by atoms with E-state index in [0.717, 1.165) is 0 Å². The lowest BCUT2D eigenvalue weighted by molar-refractivity contribution is -0.130. The van der Waals surface area contributed by atoms with E-state index in [4.69, 9.17) is 0 Å². The Bertz CT molecular complexity index is 360. The van der Waals surface area contributed by atoms with Gasteiger partial charge in [0.1, 0.15) is 11.6 Å². The molecule has 1 atom stereocenters. The van der Waals surface area contributed by atoms with Crippen LogP contribution in [0.1, 0.15) is 17.4 Å². The second-order valence-electron chi connectivity index (χ2n) is 3.53. The Balaban J connectivity index is 2.82. The first kappa shape index (κ1) is 11.4. The van der Waals surface area contributed by atoms with Gasteiger partial charge in [-0.3, -0.25) is 14.6 Å². The summed E-state index contributed by atoms with van der Waals surface area (Å²) in [7, 11) is 3.26. The molecule has 4 heteroatoms. The minimum atomic E-state index is -0.671. The van der Waals surface area contributed by atoms with Crippen LogP contribution < -0.4 is 0 Å². The van der Waals surface area contributed by atoms with Crippen molar-refractivity contribution in [1.29, 1.82) is 0 Å². The number of ketones is 1. The highest BCUT2D eigenvalue weighted by Gasteiger charge is 2.24. The zero-order valence-electron chi connectivity index (χ0n) is 9.10. The number of carbonyl (C=O) groups is 2. The molecule has 0 aliphatic carbocycles. The van der Waals surface area contributed by atoms with Gasteiger partial charge in [0.25, 0.3) is 0 Å². The summed E-state index contributed by atoms with van der Waals surface area (Å²) in [4.78, 5) is 28.6. The molecule has 1 aromatic heterocycles. The number of rotatable bonds is 3. The van der Waals surface area contributed by atoms with Crippen molar-refractivity contribution in [2.75, 3.05) is 14.1 Å². The third-order valence-electron chi connectivity index (χ3n) is 2.12. The minimum absolute atomic E-state index is 0.203. The number of pyridine rings is 1. The first-order chi connectivity index (χ1) is 7.04. The summed E-state index contributed by atoms with van der Waals surface area (Å²) >= 11 is 0. The summed E-state index contributed by atoms with van der Waals surface area (Å²) < 4.78 is 0. The number of nitrogens with zero attached hydrogens (tertiary/aromatic N) is 2. The maximum absolute atomic E-state index is 11.8. The van der Waals surface area contributed by atoms with Gasteiger partial charge in [0.2, 0.25) is 5.91 Å². The molecule has 0 spiro atoms. The molecule has 0 radical (unpaired) electrons. The van der Waals surface area contributed by atoms with E-state index in [2.05, 4.69) is 4.98 Å². The summed E-state index contributed by atoms with van der Waals surface area (Å²) in [5.41, 5.74) is 0.334.